The van der Waals surface area contributed by atoms with Gasteiger partial charge >= 0.3 is 15.3 Å². The Labute approximate surface area is 87.8 Å². The van der Waals surface area contributed by atoms with Crippen LogP contribution in [0, 0.1) is 0 Å². The average molecular weight is 241 g/mol. The van der Waals surface area contributed by atoms with Gasteiger partial charge < -0.3 is 5.73 Å². The van der Waals surface area contributed by atoms with Crippen molar-refractivity contribution < 1.29 is 13.2 Å². The second kappa shape index (κ2) is 4.35. The summed E-state index contributed by atoms with van der Waals surface area (Å²) in [5.41, 5.74) is 4.98. The first kappa shape index (κ1) is 11.6. The molecule has 2 N–H and O–H groups in total. The Hall–Kier alpha value is -0.490. The van der Waals surface area contributed by atoms with Gasteiger partial charge in [0, 0.05) is 10.7 Å². The predicted octanol–water partition coefficient (Wildman–Crippen LogP) is 1.18. The molecule has 1 aliphatic rings. The number of nitrogens with zero attached hydrogens (tertiary/aromatic N) is 1. The fraction of sp³-hybridized carbons (Fsp3) is 0.857. The van der Waals surface area contributed by atoms with Crippen molar-refractivity contribution in [2.45, 2.75) is 38.1 Å². The van der Waals surface area contributed by atoms with Gasteiger partial charge in [-0.05, 0) is 12.8 Å². The molecule has 1 rings (SSSR count). The molecule has 14 heavy (non-hydrogen) atoms. The number of primary amides is 1. The van der Waals surface area contributed by atoms with E-state index in [1.54, 1.807) is 0 Å². The lowest BCUT2D eigenvalue weighted by Gasteiger charge is -2.29. The third-order valence-corrected chi connectivity index (χ3v) is 3.75. The largest absolute Gasteiger partial charge is 0.351 e. The second-order valence-electron chi connectivity index (χ2n) is 3.37. The average Bonchev–Trinajstić information content (AvgIpc) is 2.02. The van der Waals surface area contributed by atoms with Crippen molar-refractivity contribution in [2.75, 3.05) is 0 Å². The van der Waals surface area contributed by atoms with Crippen LogP contribution in [0.2, 0.25) is 0 Å². The van der Waals surface area contributed by atoms with Gasteiger partial charge in [-0.25, -0.2) is 9.10 Å². The zero-order valence-electron chi connectivity index (χ0n) is 7.65. The molecular weight excluding hydrogens is 228 g/mol. The molecule has 0 radical (unpaired) electrons. The van der Waals surface area contributed by atoms with Crippen LogP contribution in [0.1, 0.15) is 32.1 Å². The molecule has 1 saturated carbocycles. The van der Waals surface area contributed by atoms with Gasteiger partial charge in [0.2, 0.25) is 0 Å². The van der Waals surface area contributed by atoms with Crippen LogP contribution in [-0.2, 0) is 9.24 Å². The summed E-state index contributed by atoms with van der Waals surface area (Å²) in [7, 11) is 1.09. The maximum Gasteiger partial charge on any atom is 0.329 e. The van der Waals surface area contributed by atoms with Gasteiger partial charge in [-0.2, -0.15) is 8.42 Å². The summed E-state index contributed by atoms with van der Waals surface area (Å²) in [4.78, 5) is 10.9. The Balaban J connectivity index is 2.82. The number of nitrogens with two attached hydrogens (primary N) is 1. The minimum atomic E-state index is -4.03. The van der Waals surface area contributed by atoms with Crippen LogP contribution in [0.5, 0.6) is 0 Å². The van der Waals surface area contributed by atoms with Crippen molar-refractivity contribution in [1.29, 1.82) is 0 Å². The number of amides is 2. The minimum absolute atomic E-state index is 0.358. The van der Waals surface area contributed by atoms with Crippen LogP contribution in [0.15, 0.2) is 0 Å². The van der Waals surface area contributed by atoms with Crippen molar-refractivity contribution in [3.63, 3.8) is 0 Å². The van der Waals surface area contributed by atoms with E-state index in [1.165, 1.54) is 0 Å². The zero-order valence-corrected chi connectivity index (χ0v) is 9.22. The van der Waals surface area contributed by atoms with Gasteiger partial charge in [0.05, 0.1) is 6.04 Å². The molecule has 1 fully saturated rings. The van der Waals surface area contributed by atoms with Crippen LogP contribution in [0.3, 0.4) is 0 Å². The van der Waals surface area contributed by atoms with Crippen LogP contribution < -0.4 is 5.73 Å². The minimum Gasteiger partial charge on any atom is -0.351 e. The monoisotopic (exact) mass is 240 g/mol. The fourth-order valence-electron chi connectivity index (χ4n) is 1.78. The van der Waals surface area contributed by atoms with E-state index in [4.69, 9.17) is 16.4 Å². The Morgan fingerprint density at radius 2 is 1.79 bits per heavy atom. The van der Waals surface area contributed by atoms with Crippen molar-refractivity contribution in [3.05, 3.63) is 0 Å². The number of rotatable bonds is 2. The number of hydrogen-bond donors (Lipinski definition) is 1. The van der Waals surface area contributed by atoms with Gasteiger partial charge in [0.1, 0.15) is 0 Å². The van der Waals surface area contributed by atoms with Crippen LogP contribution in [0.4, 0.5) is 4.79 Å². The van der Waals surface area contributed by atoms with Crippen LogP contribution >= 0.6 is 10.7 Å². The van der Waals surface area contributed by atoms with Crippen molar-refractivity contribution in [1.82, 2.24) is 4.31 Å². The topological polar surface area (TPSA) is 80.5 Å². The van der Waals surface area contributed by atoms with Crippen molar-refractivity contribution in [2.24, 2.45) is 5.73 Å². The summed E-state index contributed by atoms with van der Waals surface area (Å²) < 4.78 is 22.7. The molecule has 7 heteroatoms. The molecule has 1 aliphatic carbocycles. The molecule has 2 amide bonds. The molecule has 0 bridgehead atoms. The van der Waals surface area contributed by atoms with E-state index < -0.39 is 15.3 Å². The Kier molecular flexibility index (Phi) is 3.60. The fourth-order valence-corrected chi connectivity index (χ4v) is 3.10. The number of hydrogen-bond acceptors (Lipinski definition) is 3. The first-order valence-electron chi connectivity index (χ1n) is 4.46. The second-order valence-corrected chi connectivity index (χ2v) is 5.76. The molecule has 0 atom stereocenters. The first-order chi connectivity index (χ1) is 6.43. The molecule has 0 aromatic heterocycles. The number of urea groups is 1. The SMILES string of the molecule is NC(=O)N(C1CCCCC1)S(=O)(=O)Cl. The zero-order chi connectivity index (χ0) is 10.8. The molecule has 82 valence electrons. The third-order valence-electron chi connectivity index (χ3n) is 2.36. The van der Waals surface area contributed by atoms with Crippen molar-refractivity contribution in [3.8, 4) is 0 Å². The van der Waals surface area contributed by atoms with Gasteiger partial charge in [-0.1, -0.05) is 19.3 Å². The summed E-state index contributed by atoms with van der Waals surface area (Å²) in [5.74, 6) is 0. The highest BCUT2D eigenvalue weighted by Crippen LogP contribution is 2.25. The summed E-state index contributed by atoms with van der Waals surface area (Å²) in [6, 6.07) is -1.35. The van der Waals surface area contributed by atoms with Gasteiger partial charge in [-0.15, -0.1) is 0 Å². The molecule has 0 spiro atoms. The van der Waals surface area contributed by atoms with E-state index in [-0.39, 0.29) is 6.04 Å². The lowest BCUT2D eigenvalue weighted by atomic mass is 9.96. The molecule has 0 heterocycles. The van der Waals surface area contributed by atoms with E-state index in [0.29, 0.717) is 17.1 Å². The lowest BCUT2D eigenvalue weighted by Crippen LogP contribution is -2.46. The normalized spacial score (nSPS) is 19.2. The first-order valence-corrected chi connectivity index (χ1v) is 6.73. The Morgan fingerprint density at radius 3 is 2.14 bits per heavy atom. The highest BCUT2D eigenvalue weighted by Gasteiger charge is 2.32. The molecule has 0 aromatic rings. The van der Waals surface area contributed by atoms with Gasteiger partial charge in [-0.3, -0.25) is 0 Å². The van der Waals surface area contributed by atoms with Gasteiger partial charge in [0.25, 0.3) is 0 Å². The maximum atomic E-state index is 11.1. The summed E-state index contributed by atoms with van der Waals surface area (Å²) in [6.07, 6.45) is 4.16. The Bertz CT molecular complexity index is 311. The summed E-state index contributed by atoms with van der Waals surface area (Å²) in [5, 5.41) is 0. The van der Waals surface area contributed by atoms with E-state index in [1.807, 2.05) is 0 Å². The lowest BCUT2D eigenvalue weighted by molar-refractivity contribution is 0.210. The van der Waals surface area contributed by atoms with Gasteiger partial charge in [0.15, 0.2) is 0 Å². The van der Waals surface area contributed by atoms with E-state index in [2.05, 4.69) is 0 Å². The third kappa shape index (κ3) is 2.75. The number of halogens is 1. The van der Waals surface area contributed by atoms with E-state index >= 15 is 0 Å². The number of carbonyl (C=O) groups excluding carboxylic acids is 1. The maximum absolute atomic E-state index is 11.1. The Morgan fingerprint density at radius 1 is 1.29 bits per heavy atom. The standard InChI is InChI=1S/C7H13ClN2O3S/c8-14(12,13)10(7(9)11)6-4-2-1-3-5-6/h6H,1-5H2,(H2,9,11). The molecular formula is C7H13ClN2O3S. The van der Waals surface area contributed by atoms with Crippen LogP contribution in [0.25, 0.3) is 0 Å². The summed E-state index contributed by atoms with van der Waals surface area (Å²) in [6.45, 7) is 0. The van der Waals surface area contributed by atoms with E-state index in [9.17, 15) is 13.2 Å². The quantitative estimate of drug-likeness (QED) is 0.736. The highest BCUT2D eigenvalue weighted by molar-refractivity contribution is 8.12. The van der Waals surface area contributed by atoms with E-state index in [0.717, 1.165) is 19.3 Å². The number of carbonyl (C=O) groups is 1. The molecule has 0 aromatic carbocycles. The molecule has 0 unspecified atom stereocenters. The summed E-state index contributed by atoms with van der Waals surface area (Å²) >= 11 is 0. The van der Waals surface area contributed by atoms with Crippen LogP contribution in [-0.4, -0.2) is 24.8 Å². The predicted molar refractivity (Wildman–Crippen MR) is 53.1 cm³/mol. The molecule has 0 saturated heterocycles. The molecule has 0 aliphatic heterocycles. The van der Waals surface area contributed by atoms with Crippen molar-refractivity contribution >= 4 is 26.0 Å². The smallest absolute Gasteiger partial charge is 0.329 e. The highest BCUT2D eigenvalue weighted by atomic mass is 35.7. The molecule has 5 nitrogen and oxygen atoms in total.